The standard InChI is InChI=1S/C16H14O6/c1-7(8-2-4-10(17)12(19)6-8)15-13(20)9-3-5-11(18)14(21)16(9)22-15/h2-7,15,17-19,21H,1H3. The van der Waals surface area contributed by atoms with Gasteiger partial charge in [0.15, 0.2) is 29.1 Å². The molecule has 0 bridgehead atoms. The number of phenolic OH excluding ortho intramolecular Hbond substituents is 4. The first-order valence-corrected chi connectivity index (χ1v) is 6.68. The smallest absolute Gasteiger partial charge is 0.207 e. The van der Waals surface area contributed by atoms with Gasteiger partial charge in [-0.25, -0.2) is 0 Å². The third-order valence-electron chi connectivity index (χ3n) is 3.86. The number of aromatic hydroxyl groups is 4. The molecule has 22 heavy (non-hydrogen) atoms. The Labute approximate surface area is 125 Å². The minimum absolute atomic E-state index is 0.0372. The average molecular weight is 302 g/mol. The topological polar surface area (TPSA) is 107 Å². The Morgan fingerprint density at radius 3 is 2.36 bits per heavy atom. The Bertz CT molecular complexity index is 767. The van der Waals surface area contributed by atoms with Gasteiger partial charge < -0.3 is 25.2 Å². The first kappa shape index (κ1) is 14.1. The highest BCUT2D eigenvalue weighted by Gasteiger charge is 2.39. The van der Waals surface area contributed by atoms with Gasteiger partial charge in [-0.05, 0) is 29.8 Å². The van der Waals surface area contributed by atoms with E-state index >= 15 is 0 Å². The van der Waals surface area contributed by atoms with Crippen LogP contribution in [-0.2, 0) is 0 Å². The number of benzene rings is 2. The Kier molecular flexibility index (Phi) is 3.09. The zero-order chi connectivity index (χ0) is 16.0. The van der Waals surface area contributed by atoms with Gasteiger partial charge in [-0.1, -0.05) is 13.0 Å². The van der Waals surface area contributed by atoms with Gasteiger partial charge in [0, 0.05) is 5.92 Å². The molecule has 0 saturated heterocycles. The monoisotopic (exact) mass is 302 g/mol. The van der Waals surface area contributed by atoms with E-state index in [1.165, 1.54) is 24.3 Å². The van der Waals surface area contributed by atoms with E-state index in [2.05, 4.69) is 0 Å². The molecular weight excluding hydrogens is 288 g/mol. The van der Waals surface area contributed by atoms with E-state index < -0.39 is 17.8 Å². The Balaban J connectivity index is 1.95. The van der Waals surface area contributed by atoms with E-state index in [0.717, 1.165) is 0 Å². The van der Waals surface area contributed by atoms with E-state index in [0.29, 0.717) is 5.56 Å². The van der Waals surface area contributed by atoms with Crippen molar-refractivity contribution in [3.8, 4) is 28.7 Å². The summed E-state index contributed by atoms with van der Waals surface area (Å²) in [6.07, 6.45) is -0.883. The summed E-state index contributed by atoms with van der Waals surface area (Å²) in [6, 6.07) is 6.90. The molecule has 1 aliphatic heterocycles. The van der Waals surface area contributed by atoms with Crippen LogP contribution in [0.4, 0.5) is 0 Å². The lowest BCUT2D eigenvalue weighted by molar-refractivity contribution is 0.0824. The maximum Gasteiger partial charge on any atom is 0.207 e. The third kappa shape index (κ3) is 2.00. The van der Waals surface area contributed by atoms with Gasteiger partial charge in [0.25, 0.3) is 0 Å². The molecule has 1 heterocycles. The fourth-order valence-corrected chi connectivity index (χ4v) is 2.54. The van der Waals surface area contributed by atoms with E-state index in [1.807, 2.05) is 0 Å². The molecule has 2 atom stereocenters. The number of rotatable bonds is 2. The molecule has 0 aliphatic carbocycles. The molecule has 114 valence electrons. The normalized spacial score (nSPS) is 17.9. The zero-order valence-corrected chi connectivity index (χ0v) is 11.6. The predicted octanol–water partition coefficient (Wildman–Crippen LogP) is 2.26. The second kappa shape index (κ2) is 4.84. The Morgan fingerprint density at radius 2 is 1.68 bits per heavy atom. The molecule has 0 saturated carbocycles. The molecule has 0 spiro atoms. The van der Waals surface area contributed by atoms with Crippen molar-refractivity contribution in [3.63, 3.8) is 0 Å². The summed E-state index contributed by atoms with van der Waals surface area (Å²) in [6.45, 7) is 1.73. The zero-order valence-electron chi connectivity index (χ0n) is 11.6. The van der Waals surface area contributed by atoms with Crippen LogP contribution in [-0.4, -0.2) is 32.3 Å². The van der Waals surface area contributed by atoms with Crippen LogP contribution < -0.4 is 4.74 Å². The molecule has 2 aromatic carbocycles. The number of ketones is 1. The minimum Gasteiger partial charge on any atom is -0.504 e. The highest BCUT2D eigenvalue weighted by molar-refractivity contribution is 6.06. The molecule has 2 aromatic rings. The SMILES string of the molecule is CC(c1ccc(O)c(O)c1)C1Oc2c(ccc(O)c2O)C1=O. The molecule has 1 aliphatic rings. The fraction of sp³-hybridized carbons (Fsp3) is 0.188. The summed E-state index contributed by atoms with van der Waals surface area (Å²) in [4.78, 5) is 12.4. The van der Waals surface area contributed by atoms with Gasteiger partial charge >= 0.3 is 0 Å². The second-order valence-corrected chi connectivity index (χ2v) is 5.25. The summed E-state index contributed by atoms with van der Waals surface area (Å²) < 4.78 is 5.51. The van der Waals surface area contributed by atoms with E-state index in [1.54, 1.807) is 13.0 Å². The number of carbonyl (C=O) groups excluding carboxylic acids is 1. The van der Waals surface area contributed by atoms with Crippen molar-refractivity contribution in [1.29, 1.82) is 0 Å². The first-order chi connectivity index (χ1) is 10.4. The van der Waals surface area contributed by atoms with E-state index in [-0.39, 0.29) is 34.3 Å². The lowest BCUT2D eigenvalue weighted by Gasteiger charge is -2.18. The highest BCUT2D eigenvalue weighted by atomic mass is 16.5. The molecule has 6 nitrogen and oxygen atoms in total. The minimum atomic E-state index is -0.883. The van der Waals surface area contributed by atoms with Gasteiger partial charge in [0.2, 0.25) is 11.5 Å². The summed E-state index contributed by atoms with van der Waals surface area (Å²) in [5.41, 5.74) is 0.806. The maximum absolute atomic E-state index is 12.4. The van der Waals surface area contributed by atoms with Gasteiger partial charge in [-0.15, -0.1) is 0 Å². The molecule has 3 rings (SSSR count). The van der Waals surface area contributed by atoms with Crippen molar-refractivity contribution in [2.45, 2.75) is 18.9 Å². The third-order valence-corrected chi connectivity index (χ3v) is 3.86. The first-order valence-electron chi connectivity index (χ1n) is 6.68. The molecule has 0 fully saturated rings. The maximum atomic E-state index is 12.4. The van der Waals surface area contributed by atoms with Crippen molar-refractivity contribution >= 4 is 5.78 Å². The number of Topliss-reactive ketones (excluding diaryl/α,β-unsaturated/α-hetero) is 1. The summed E-state index contributed by atoms with van der Waals surface area (Å²) in [5.74, 6) is -2.13. The van der Waals surface area contributed by atoms with Gasteiger partial charge in [-0.3, -0.25) is 4.79 Å². The average Bonchev–Trinajstić information content (AvgIpc) is 2.83. The molecule has 0 amide bonds. The molecule has 4 N–H and O–H groups in total. The molecule has 2 unspecified atom stereocenters. The highest BCUT2D eigenvalue weighted by Crippen LogP contribution is 2.45. The largest absolute Gasteiger partial charge is 0.504 e. The Hall–Kier alpha value is -2.89. The summed E-state index contributed by atoms with van der Waals surface area (Å²) in [7, 11) is 0. The molecule has 6 heteroatoms. The van der Waals surface area contributed by atoms with Crippen LogP contribution in [0.5, 0.6) is 28.7 Å². The van der Waals surface area contributed by atoms with Crippen molar-refractivity contribution in [3.05, 3.63) is 41.5 Å². The lowest BCUT2D eigenvalue weighted by atomic mass is 9.91. The number of fused-ring (bicyclic) bond motifs is 1. The van der Waals surface area contributed by atoms with Gasteiger partial charge in [-0.2, -0.15) is 0 Å². The van der Waals surface area contributed by atoms with Crippen molar-refractivity contribution in [2.75, 3.05) is 0 Å². The van der Waals surface area contributed by atoms with Crippen LogP contribution in [0.1, 0.15) is 28.8 Å². The predicted molar refractivity (Wildman–Crippen MR) is 76.7 cm³/mol. The summed E-state index contributed by atoms with van der Waals surface area (Å²) >= 11 is 0. The van der Waals surface area contributed by atoms with Crippen LogP contribution >= 0.6 is 0 Å². The summed E-state index contributed by atoms with van der Waals surface area (Å²) in [5, 5.41) is 38.2. The van der Waals surface area contributed by atoms with Crippen molar-refractivity contribution < 1.29 is 30.0 Å². The number of ether oxygens (including phenoxy) is 1. The molecular formula is C16H14O6. The quantitative estimate of drug-likeness (QED) is 0.634. The van der Waals surface area contributed by atoms with Crippen LogP contribution in [0.3, 0.4) is 0 Å². The fourth-order valence-electron chi connectivity index (χ4n) is 2.54. The van der Waals surface area contributed by atoms with Crippen LogP contribution in [0, 0.1) is 0 Å². The molecule has 0 radical (unpaired) electrons. The van der Waals surface area contributed by atoms with Crippen LogP contribution in [0.25, 0.3) is 0 Å². The van der Waals surface area contributed by atoms with Crippen LogP contribution in [0.2, 0.25) is 0 Å². The number of hydrogen-bond donors (Lipinski definition) is 4. The van der Waals surface area contributed by atoms with E-state index in [4.69, 9.17) is 4.74 Å². The lowest BCUT2D eigenvalue weighted by Crippen LogP contribution is -2.27. The molecule has 0 aromatic heterocycles. The number of hydrogen-bond acceptors (Lipinski definition) is 6. The number of phenols is 4. The van der Waals surface area contributed by atoms with Crippen LogP contribution in [0.15, 0.2) is 30.3 Å². The van der Waals surface area contributed by atoms with Crippen molar-refractivity contribution in [2.24, 2.45) is 0 Å². The van der Waals surface area contributed by atoms with Gasteiger partial charge in [0.1, 0.15) is 0 Å². The van der Waals surface area contributed by atoms with Crippen molar-refractivity contribution in [1.82, 2.24) is 0 Å². The number of carbonyl (C=O) groups is 1. The van der Waals surface area contributed by atoms with Gasteiger partial charge in [0.05, 0.1) is 5.56 Å². The Morgan fingerprint density at radius 1 is 1.00 bits per heavy atom. The van der Waals surface area contributed by atoms with E-state index in [9.17, 15) is 25.2 Å². The second-order valence-electron chi connectivity index (χ2n) is 5.25.